The smallest absolute Gasteiger partial charge is 0.355 e. The molecule has 4 aromatic rings. The zero-order valence-corrected chi connectivity index (χ0v) is 17.1. The van der Waals surface area contributed by atoms with Crippen LogP contribution in [0.15, 0.2) is 48.8 Å². The first-order chi connectivity index (χ1) is 15.5. The normalized spacial score (nSPS) is 10.6. The Kier molecular flexibility index (Phi) is 5.72. The van der Waals surface area contributed by atoms with Crippen LogP contribution in [0, 0.1) is 15.9 Å². The number of nitrogens with zero attached hydrogens (tertiary/aromatic N) is 4. The predicted octanol–water partition coefficient (Wildman–Crippen LogP) is 3.64. The number of amides is 1. The number of rotatable bonds is 7. The van der Waals surface area contributed by atoms with E-state index in [4.69, 9.17) is 4.74 Å². The highest BCUT2D eigenvalue weighted by Gasteiger charge is 2.25. The molecule has 13 heteroatoms. The molecular formula is C19H14FN7O4S. The molecule has 0 spiro atoms. The quantitative estimate of drug-likeness (QED) is 0.281. The fourth-order valence-electron chi connectivity index (χ4n) is 2.75. The molecule has 162 valence electrons. The molecule has 0 unspecified atom stereocenters. The van der Waals surface area contributed by atoms with Gasteiger partial charge in [-0.3, -0.25) is 25.8 Å². The number of nitrogens with one attached hydrogen (secondary N) is 3. The van der Waals surface area contributed by atoms with Gasteiger partial charge in [0.05, 0.1) is 27.8 Å². The van der Waals surface area contributed by atoms with Crippen molar-refractivity contribution in [3.63, 3.8) is 0 Å². The van der Waals surface area contributed by atoms with Crippen molar-refractivity contribution in [3.05, 3.63) is 70.3 Å². The van der Waals surface area contributed by atoms with E-state index in [0.717, 1.165) is 17.1 Å². The van der Waals surface area contributed by atoms with Gasteiger partial charge >= 0.3 is 5.69 Å². The number of fused-ring (bicyclic) bond motifs is 1. The number of carbonyl (C=O) groups excluding carboxylic acids is 1. The van der Waals surface area contributed by atoms with E-state index in [2.05, 4.69) is 31.1 Å². The molecule has 3 N–H and O–H groups in total. The minimum absolute atomic E-state index is 0.140. The zero-order chi connectivity index (χ0) is 22.7. The summed E-state index contributed by atoms with van der Waals surface area (Å²) in [5.74, 6) is -1.35. The molecular weight excluding hydrogens is 441 g/mol. The Bertz CT molecular complexity index is 1330. The Morgan fingerprint density at radius 2 is 1.97 bits per heavy atom. The monoisotopic (exact) mass is 455 g/mol. The standard InChI is InChI=1S/C19H14FN7O4S/c1-31-10-6-7-13-14(8-10)32-19(23-13)24-16-15(27(29)30)17(22-9-21-16)25-26-18(28)11-4-2-3-5-12(11)20/h2-9H,1H3,(H,26,28)(H2,21,22,23,24,25). The van der Waals surface area contributed by atoms with Crippen molar-refractivity contribution in [1.82, 2.24) is 20.4 Å². The Balaban J connectivity index is 1.59. The summed E-state index contributed by atoms with van der Waals surface area (Å²) in [5, 5.41) is 14.9. The molecule has 0 atom stereocenters. The van der Waals surface area contributed by atoms with E-state index in [1.807, 2.05) is 0 Å². The summed E-state index contributed by atoms with van der Waals surface area (Å²) in [6.07, 6.45) is 1.07. The average Bonchev–Trinajstić information content (AvgIpc) is 3.18. The van der Waals surface area contributed by atoms with Gasteiger partial charge in [-0.15, -0.1) is 0 Å². The van der Waals surface area contributed by atoms with Crippen LogP contribution in [-0.2, 0) is 0 Å². The lowest BCUT2D eigenvalue weighted by Gasteiger charge is -2.10. The maximum absolute atomic E-state index is 13.8. The number of thiazole rings is 1. The molecule has 0 aliphatic carbocycles. The van der Waals surface area contributed by atoms with Gasteiger partial charge in [-0.1, -0.05) is 23.5 Å². The number of hydrogen-bond donors (Lipinski definition) is 3. The molecule has 1 amide bonds. The van der Waals surface area contributed by atoms with E-state index in [1.165, 1.54) is 29.5 Å². The van der Waals surface area contributed by atoms with Gasteiger partial charge in [0.25, 0.3) is 5.91 Å². The Morgan fingerprint density at radius 1 is 1.19 bits per heavy atom. The second-order valence-electron chi connectivity index (χ2n) is 6.21. The lowest BCUT2D eigenvalue weighted by molar-refractivity contribution is -0.383. The Labute approximate surface area is 183 Å². The summed E-state index contributed by atoms with van der Waals surface area (Å²) >= 11 is 1.25. The van der Waals surface area contributed by atoms with E-state index in [9.17, 15) is 19.3 Å². The molecule has 11 nitrogen and oxygen atoms in total. The molecule has 2 aromatic heterocycles. The van der Waals surface area contributed by atoms with Crippen molar-refractivity contribution in [2.45, 2.75) is 0 Å². The summed E-state index contributed by atoms with van der Waals surface area (Å²) in [7, 11) is 1.55. The summed E-state index contributed by atoms with van der Waals surface area (Å²) in [4.78, 5) is 35.3. The van der Waals surface area contributed by atoms with Crippen molar-refractivity contribution >= 4 is 49.9 Å². The first kappa shape index (κ1) is 20.9. The third-order valence-corrected chi connectivity index (χ3v) is 5.17. The van der Waals surface area contributed by atoms with Gasteiger partial charge in [0.15, 0.2) is 5.13 Å². The SMILES string of the molecule is COc1ccc2nc(Nc3ncnc(NNC(=O)c4ccccc4F)c3[N+](=O)[O-])sc2c1. The van der Waals surface area contributed by atoms with Crippen LogP contribution in [0.3, 0.4) is 0 Å². The Hall–Kier alpha value is -4.39. The minimum atomic E-state index is -0.828. The van der Waals surface area contributed by atoms with Crippen LogP contribution in [0.1, 0.15) is 10.4 Å². The molecule has 2 aromatic carbocycles. The van der Waals surface area contributed by atoms with Crippen LogP contribution in [0.4, 0.5) is 26.8 Å². The molecule has 32 heavy (non-hydrogen) atoms. The second-order valence-corrected chi connectivity index (χ2v) is 7.24. The number of halogens is 1. The maximum atomic E-state index is 13.8. The van der Waals surface area contributed by atoms with Gasteiger partial charge in [-0.05, 0) is 30.3 Å². The predicted molar refractivity (Wildman–Crippen MR) is 116 cm³/mol. The van der Waals surface area contributed by atoms with Gasteiger partial charge in [-0.25, -0.2) is 19.3 Å². The fraction of sp³-hybridized carbons (Fsp3) is 0.0526. The number of benzene rings is 2. The van der Waals surface area contributed by atoms with E-state index in [-0.39, 0.29) is 17.2 Å². The number of aromatic nitrogens is 3. The molecule has 4 rings (SSSR count). The van der Waals surface area contributed by atoms with Crippen molar-refractivity contribution in [1.29, 1.82) is 0 Å². The molecule has 0 aliphatic rings. The van der Waals surface area contributed by atoms with Crippen molar-refractivity contribution in [2.75, 3.05) is 17.9 Å². The zero-order valence-electron chi connectivity index (χ0n) is 16.3. The molecule has 0 aliphatic heterocycles. The summed E-state index contributed by atoms with van der Waals surface area (Å²) in [6, 6.07) is 10.6. The summed E-state index contributed by atoms with van der Waals surface area (Å²) in [6.45, 7) is 0. The number of hydrazine groups is 1. The average molecular weight is 455 g/mol. The lowest BCUT2D eigenvalue weighted by atomic mass is 10.2. The van der Waals surface area contributed by atoms with Gasteiger partial charge in [0, 0.05) is 0 Å². The van der Waals surface area contributed by atoms with Crippen molar-refractivity contribution < 1.29 is 18.8 Å². The Morgan fingerprint density at radius 3 is 2.72 bits per heavy atom. The largest absolute Gasteiger partial charge is 0.497 e. The van der Waals surface area contributed by atoms with Gasteiger partial charge in [-0.2, -0.15) is 0 Å². The van der Waals surface area contributed by atoms with Crippen molar-refractivity contribution in [3.8, 4) is 5.75 Å². The maximum Gasteiger partial charge on any atom is 0.355 e. The topological polar surface area (TPSA) is 144 Å². The number of anilines is 3. The number of methoxy groups -OCH3 is 1. The van der Waals surface area contributed by atoms with E-state index in [1.54, 1.807) is 25.3 Å². The van der Waals surface area contributed by atoms with Crippen LogP contribution in [0.5, 0.6) is 5.75 Å². The van der Waals surface area contributed by atoms with Crippen LogP contribution in [-0.4, -0.2) is 32.9 Å². The van der Waals surface area contributed by atoms with Gasteiger partial charge in [0.2, 0.25) is 11.6 Å². The first-order valence-corrected chi connectivity index (χ1v) is 9.80. The first-order valence-electron chi connectivity index (χ1n) is 8.98. The highest BCUT2D eigenvalue weighted by atomic mass is 32.1. The number of hydrogen-bond acceptors (Lipinski definition) is 10. The van der Waals surface area contributed by atoms with Gasteiger partial charge in [0.1, 0.15) is 17.9 Å². The third kappa shape index (κ3) is 4.22. The summed E-state index contributed by atoms with van der Waals surface area (Å²) < 4.78 is 19.8. The third-order valence-electron chi connectivity index (χ3n) is 4.24. The summed E-state index contributed by atoms with van der Waals surface area (Å²) in [5.41, 5.74) is 4.46. The van der Waals surface area contributed by atoms with Gasteiger partial charge < -0.3 is 10.1 Å². The number of carbonyl (C=O) groups is 1. The number of ether oxygens (including phenoxy) is 1. The molecule has 0 saturated heterocycles. The molecule has 0 saturated carbocycles. The highest BCUT2D eigenvalue weighted by Crippen LogP contribution is 2.34. The molecule has 0 radical (unpaired) electrons. The molecule has 0 bridgehead atoms. The van der Waals surface area contributed by atoms with E-state index < -0.39 is 22.3 Å². The van der Waals surface area contributed by atoms with Crippen LogP contribution in [0.2, 0.25) is 0 Å². The van der Waals surface area contributed by atoms with Crippen LogP contribution in [0.25, 0.3) is 10.2 Å². The highest BCUT2D eigenvalue weighted by molar-refractivity contribution is 7.22. The van der Waals surface area contributed by atoms with E-state index >= 15 is 0 Å². The van der Waals surface area contributed by atoms with Crippen LogP contribution >= 0.6 is 11.3 Å². The minimum Gasteiger partial charge on any atom is -0.497 e. The van der Waals surface area contributed by atoms with Crippen LogP contribution < -0.4 is 20.9 Å². The lowest BCUT2D eigenvalue weighted by Crippen LogP contribution is -2.31. The number of nitro groups is 1. The molecule has 2 heterocycles. The molecule has 0 fully saturated rings. The van der Waals surface area contributed by atoms with E-state index in [0.29, 0.717) is 16.4 Å². The second kappa shape index (κ2) is 8.77. The van der Waals surface area contributed by atoms with Crippen molar-refractivity contribution in [2.24, 2.45) is 0 Å². The fourth-order valence-corrected chi connectivity index (χ4v) is 3.64.